The first-order chi connectivity index (χ1) is 7.52. The summed E-state index contributed by atoms with van der Waals surface area (Å²) in [5.74, 6) is -1.17. The highest BCUT2D eigenvalue weighted by molar-refractivity contribution is 7.89. The summed E-state index contributed by atoms with van der Waals surface area (Å²) in [4.78, 5) is 21.5. The molecule has 1 atom stereocenters. The summed E-state index contributed by atoms with van der Waals surface area (Å²) in [6.07, 6.45) is 3.14. The number of carbonyl (C=O) groups excluding carboxylic acids is 1. The highest BCUT2D eigenvalue weighted by atomic mass is 35.5. The van der Waals surface area contributed by atoms with Gasteiger partial charge in [-0.25, -0.2) is 4.21 Å². The normalized spacial score (nSPS) is 20.1. The van der Waals surface area contributed by atoms with Crippen LogP contribution in [0.25, 0.3) is 0 Å². The van der Waals surface area contributed by atoms with Crippen LogP contribution in [0, 0.1) is 0 Å². The second kappa shape index (κ2) is 6.00. The molecule has 0 bridgehead atoms. The van der Waals surface area contributed by atoms with Crippen LogP contribution in [0.4, 0.5) is 0 Å². The Morgan fingerprint density at radius 2 is 2.12 bits per heavy atom. The molecule has 7 heteroatoms. The van der Waals surface area contributed by atoms with Gasteiger partial charge in [-0.2, -0.15) is 0 Å². The minimum atomic E-state index is -1.56. The second-order valence-electron chi connectivity index (χ2n) is 3.34. The fourth-order valence-electron chi connectivity index (χ4n) is 1.31. The Labute approximate surface area is 101 Å². The van der Waals surface area contributed by atoms with E-state index >= 15 is 0 Å². The number of amides is 1. The monoisotopic (exact) mass is 265 g/mol. The molecule has 1 unspecified atom stereocenters. The van der Waals surface area contributed by atoms with Crippen LogP contribution in [0.3, 0.4) is 0 Å². The van der Waals surface area contributed by atoms with Crippen molar-refractivity contribution >= 4 is 34.5 Å². The molecule has 0 spiro atoms. The predicted octanol–water partition coefficient (Wildman–Crippen LogP) is 1.22. The van der Waals surface area contributed by atoms with Crippen molar-refractivity contribution in [2.75, 3.05) is 6.54 Å². The molecule has 90 valence electrons. The third-order valence-corrected chi connectivity index (χ3v) is 3.82. The van der Waals surface area contributed by atoms with E-state index in [2.05, 4.69) is 0 Å². The van der Waals surface area contributed by atoms with Gasteiger partial charge in [-0.15, -0.1) is 0 Å². The maximum Gasteiger partial charge on any atom is 0.303 e. The summed E-state index contributed by atoms with van der Waals surface area (Å²) >= 11 is 5.55. The molecule has 0 aromatic carbocycles. The van der Waals surface area contributed by atoms with E-state index in [0.717, 1.165) is 6.08 Å². The number of halogens is 1. The molecule has 16 heavy (non-hydrogen) atoms. The molecule has 5 nitrogen and oxygen atoms in total. The number of hydrogen-bond acceptors (Lipinski definition) is 3. The molecule has 1 heterocycles. The minimum absolute atomic E-state index is 0.0514. The fraction of sp³-hybridized carbons (Fsp3) is 0.556. The number of nitrogens with zero attached hydrogens (tertiary/aromatic N) is 1. The summed E-state index contributed by atoms with van der Waals surface area (Å²) in [6, 6.07) is 0. The van der Waals surface area contributed by atoms with E-state index in [9.17, 15) is 13.8 Å². The van der Waals surface area contributed by atoms with Gasteiger partial charge in [0.05, 0.1) is 0 Å². The smallest absolute Gasteiger partial charge is 0.303 e. The first-order valence-electron chi connectivity index (χ1n) is 4.84. The molecule has 1 rings (SSSR count). The van der Waals surface area contributed by atoms with Crippen molar-refractivity contribution in [1.29, 1.82) is 0 Å². The van der Waals surface area contributed by atoms with Gasteiger partial charge in [0.2, 0.25) is 0 Å². The third kappa shape index (κ3) is 3.61. The van der Waals surface area contributed by atoms with Crippen LogP contribution in [0.5, 0.6) is 0 Å². The Kier molecular flexibility index (Phi) is 4.95. The van der Waals surface area contributed by atoms with Gasteiger partial charge in [-0.1, -0.05) is 18.0 Å². The number of carboxylic acids is 1. The zero-order valence-electron chi connectivity index (χ0n) is 8.52. The summed E-state index contributed by atoms with van der Waals surface area (Å²) in [5, 5.41) is 8.40. The number of unbranched alkanes of at least 4 members (excludes halogenated alkanes) is 2. The first kappa shape index (κ1) is 13.2. The molecule has 1 N–H and O–H groups in total. The predicted molar refractivity (Wildman–Crippen MR) is 59.9 cm³/mol. The van der Waals surface area contributed by atoms with Crippen molar-refractivity contribution in [1.82, 2.24) is 4.31 Å². The Morgan fingerprint density at radius 1 is 1.44 bits per heavy atom. The number of rotatable bonds is 6. The van der Waals surface area contributed by atoms with E-state index in [1.165, 1.54) is 4.31 Å². The largest absolute Gasteiger partial charge is 0.481 e. The minimum Gasteiger partial charge on any atom is -0.481 e. The summed E-state index contributed by atoms with van der Waals surface area (Å²) in [6.45, 7) is 0.345. The Hall–Kier alpha value is -0.880. The van der Waals surface area contributed by atoms with Crippen molar-refractivity contribution < 1.29 is 18.9 Å². The number of aliphatic carboxylic acids is 1. The molecule has 0 aromatic rings. The lowest BCUT2D eigenvalue weighted by Gasteiger charge is -2.13. The number of carboxylic acid groups (broad SMARTS) is 1. The molecule has 0 radical (unpaired) electrons. The molecule has 0 saturated heterocycles. The van der Waals surface area contributed by atoms with Crippen LogP contribution >= 0.6 is 11.6 Å². The van der Waals surface area contributed by atoms with Crippen LogP contribution in [0.15, 0.2) is 10.4 Å². The number of carbonyl (C=O) groups is 2. The summed E-state index contributed by atoms with van der Waals surface area (Å²) < 4.78 is 12.6. The van der Waals surface area contributed by atoms with Gasteiger partial charge in [0.15, 0.2) is 11.0 Å². The zero-order valence-corrected chi connectivity index (χ0v) is 10.1. The third-order valence-electron chi connectivity index (χ3n) is 2.10. The summed E-state index contributed by atoms with van der Waals surface area (Å²) in [7, 11) is -1.56. The maximum absolute atomic E-state index is 11.4. The Bertz CT molecular complexity index is 355. The van der Waals surface area contributed by atoms with Crippen molar-refractivity contribution in [2.24, 2.45) is 0 Å². The zero-order chi connectivity index (χ0) is 12.1. The topological polar surface area (TPSA) is 74.7 Å². The van der Waals surface area contributed by atoms with E-state index in [1.807, 2.05) is 0 Å². The van der Waals surface area contributed by atoms with Gasteiger partial charge in [0.25, 0.3) is 5.91 Å². The average Bonchev–Trinajstić information content (AvgIpc) is 2.43. The lowest BCUT2D eigenvalue weighted by atomic mass is 10.2. The average molecular weight is 266 g/mol. The van der Waals surface area contributed by atoms with Crippen LogP contribution in [-0.2, 0) is 20.6 Å². The molecule has 0 aromatic heterocycles. The molecule has 0 saturated carbocycles. The van der Waals surface area contributed by atoms with Crippen molar-refractivity contribution in [3.63, 3.8) is 0 Å². The lowest BCUT2D eigenvalue weighted by Crippen LogP contribution is -2.27. The van der Waals surface area contributed by atoms with Gasteiger partial charge in [-0.05, 0) is 12.8 Å². The van der Waals surface area contributed by atoms with E-state index in [1.54, 1.807) is 0 Å². The van der Waals surface area contributed by atoms with Gasteiger partial charge in [0, 0.05) is 19.0 Å². The SMILES string of the molecule is O=C(O)CCCCCN1C(=O)C=C(Cl)S1=O. The van der Waals surface area contributed by atoms with E-state index in [0.29, 0.717) is 25.8 Å². The summed E-state index contributed by atoms with van der Waals surface area (Å²) in [5.41, 5.74) is 0. The van der Waals surface area contributed by atoms with Crippen LogP contribution in [-0.4, -0.2) is 32.0 Å². The number of hydrogen-bond donors (Lipinski definition) is 1. The van der Waals surface area contributed by atoms with Crippen LogP contribution in [0.2, 0.25) is 0 Å². The molecular formula is C9H12ClNO4S. The van der Waals surface area contributed by atoms with Gasteiger partial charge in [-0.3, -0.25) is 13.9 Å². The van der Waals surface area contributed by atoms with Gasteiger partial charge < -0.3 is 5.11 Å². The molecule has 0 aliphatic carbocycles. The van der Waals surface area contributed by atoms with Crippen LogP contribution < -0.4 is 0 Å². The highest BCUT2D eigenvalue weighted by Gasteiger charge is 2.27. The quantitative estimate of drug-likeness (QED) is 0.733. The maximum atomic E-state index is 11.4. The van der Waals surface area contributed by atoms with Crippen molar-refractivity contribution in [2.45, 2.75) is 25.7 Å². The van der Waals surface area contributed by atoms with E-state index in [-0.39, 0.29) is 16.7 Å². The molecule has 1 aliphatic heterocycles. The Balaban J connectivity index is 2.22. The van der Waals surface area contributed by atoms with Gasteiger partial charge >= 0.3 is 5.97 Å². The molecular weight excluding hydrogens is 254 g/mol. The van der Waals surface area contributed by atoms with Crippen molar-refractivity contribution in [3.05, 3.63) is 10.4 Å². The van der Waals surface area contributed by atoms with E-state index < -0.39 is 17.0 Å². The molecule has 1 amide bonds. The molecule has 1 aliphatic rings. The van der Waals surface area contributed by atoms with Crippen LogP contribution in [0.1, 0.15) is 25.7 Å². The fourth-order valence-corrected chi connectivity index (χ4v) is 2.57. The van der Waals surface area contributed by atoms with Crippen molar-refractivity contribution in [3.8, 4) is 0 Å². The van der Waals surface area contributed by atoms with Gasteiger partial charge in [0.1, 0.15) is 4.36 Å². The molecule has 0 fully saturated rings. The first-order valence-corrected chi connectivity index (χ1v) is 6.33. The van der Waals surface area contributed by atoms with E-state index in [4.69, 9.17) is 16.7 Å². The second-order valence-corrected chi connectivity index (χ2v) is 5.35. The standard InChI is InChI=1S/C9H12ClNO4S/c10-7-6-8(12)11(16(7)15)5-3-1-2-4-9(13)14/h6H,1-5H2,(H,13,14). The lowest BCUT2D eigenvalue weighted by molar-refractivity contribution is -0.137. The highest BCUT2D eigenvalue weighted by Crippen LogP contribution is 2.21. The Morgan fingerprint density at radius 3 is 2.62 bits per heavy atom.